The van der Waals surface area contributed by atoms with Gasteiger partial charge in [-0.3, -0.25) is 4.79 Å². The van der Waals surface area contributed by atoms with E-state index in [-0.39, 0.29) is 5.91 Å². The zero-order chi connectivity index (χ0) is 7.11. The Morgan fingerprint density at radius 2 is 2.33 bits per heavy atom. The lowest BCUT2D eigenvalue weighted by Crippen LogP contribution is -2.26. The molecule has 0 saturated heterocycles. The summed E-state index contributed by atoms with van der Waals surface area (Å²) in [6.07, 6.45) is 0.891. The number of carbonyl (C=O) groups is 1. The predicted molar refractivity (Wildman–Crippen MR) is 35.3 cm³/mol. The molecule has 0 aliphatic rings. The first-order chi connectivity index (χ1) is 4.31. The molecule has 51 valence electrons. The highest BCUT2D eigenvalue weighted by Gasteiger charge is 1.93. The maximum Gasteiger partial charge on any atom is 0.245 e. The van der Waals surface area contributed by atoms with Gasteiger partial charge in [-0.15, -0.1) is 0 Å². The predicted octanol–water partition coefficient (Wildman–Crippen LogP) is -0.928. The van der Waals surface area contributed by atoms with E-state index in [1.54, 1.807) is 0 Å². The van der Waals surface area contributed by atoms with Crippen LogP contribution < -0.4 is 5.32 Å². The van der Waals surface area contributed by atoms with Gasteiger partial charge in [-0.1, -0.05) is 6.04 Å². The van der Waals surface area contributed by atoms with E-state index in [0.29, 0.717) is 6.54 Å². The second kappa shape index (κ2) is 5.78. The van der Waals surface area contributed by atoms with Crippen molar-refractivity contribution >= 4 is 16.1 Å². The summed E-state index contributed by atoms with van der Waals surface area (Å²) in [4.78, 5) is 10.3. The van der Waals surface area contributed by atoms with Gasteiger partial charge in [0.25, 0.3) is 0 Å². The zero-order valence-electron chi connectivity index (χ0n) is 5.18. The third-order valence-electron chi connectivity index (χ3n) is 0.819. The van der Waals surface area contributed by atoms with Crippen LogP contribution in [0.4, 0.5) is 0 Å². The van der Waals surface area contributed by atoms with Crippen molar-refractivity contribution in [2.45, 2.75) is 12.5 Å². The van der Waals surface area contributed by atoms with Gasteiger partial charge in [-0.2, -0.15) is 0 Å². The van der Waals surface area contributed by atoms with Crippen molar-refractivity contribution in [2.24, 2.45) is 0 Å². The van der Waals surface area contributed by atoms with Crippen LogP contribution in [-0.4, -0.2) is 34.4 Å². The summed E-state index contributed by atoms with van der Waals surface area (Å²) in [6, 6.07) is 0.867. The van der Waals surface area contributed by atoms with Crippen molar-refractivity contribution < 1.29 is 9.90 Å². The van der Waals surface area contributed by atoms with Crippen molar-refractivity contribution in [3.8, 4) is 0 Å². The summed E-state index contributed by atoms with van der Waals surface area (Å²) in [5.41, 5.74) is 0. The Kier molecular flexibility index (Phi) is 5.55. The second-order valence-electron chi connectivity index (χ2n) is 1.61. The fraction of sp³-hybridized carbons (Fsp3) is 0.800. The molecule has 0 aliphatic carbocycles. The largest absolute Gasteiger partial charge is 0.387 e. The smallest absolute Gasteiger partial charge is 0.245 e. The molecule has 0 aromatic carbocycles. The lowest BCUT2D eigenvalue weighted by Gasteiger charge is -1.98. The minimum Gasteiger partial charge on any atom is -0.387 e. The number of nitrogens with one attached hydrogen (secondary N) is 1. The topological polar surface area (TPSA) is 49.3 Å². The number of hydrogen-bond acceptors (Lipinski definition) is 2. The minimum absolute atomic E-state index is 0.310. The molecule has 0 saturated carbocycles. The number of carbonyl (C=O) groups excluding carboxylic acids is 1. The number of rotatable bonds is 4. The molecule has 0 spiro atoms. The first kappa shape index (κ1) is 8.65. The van der Waals surface area contributed by atoms with Gasteiger partial charge in [-0.05, 0) is 6.42 Å². The van der Waals surface area contributed by atoms with Crippen LogP contribution in [0.25, 0.3) is 0 Å². The van der Waals surface area contributed by atoms with Crippen LogP contribution >= 0.6 is 0 Å². The first-order valence-electron chi connectivity index (χ1n) is 2.83. The van der Waals surface area contributed by atoms with E-state index in [4.69, 9.17) is 5.11 Å². The number of amides is 1. The van der Waals surface area contributed by atoms with Gasteiger partial charge in [0.1, 0.15) is 6.61 Å². The molecular weight excluding hydrogens is 134 g/mol. The van der Waals surface area contributed by atoms with Gasteiger partial charge in [-0.25, -0.2) is 0 Å². The van der Waals surface area contributed by atoms with E-state index in [1.807, 2.05) is 0 Å². The van der Waals surface area contributed by atoms with Crippen molar-refractivity contribution in [1.82, 2.24) is 5.32 Å². The van der Waals surface area contributed by atoms with Crippen molar-refractivity contribution in [3.63, 3.8) is 0 Å². The van der Waals surface area contributed by atoms with Crippen LogP contribution in [0.1, 0.15) is 6.42 Å². The molecule has 0 bridgehead atoms. The maximum absolute atomic E-state index is 10.3. The van der Waals surface area contributed by atoms with E-state index >= 15 is 0 Å². The fourth-order valence-corrected chi connectivity index (χ4v) is 0.549. The number of hydrogen-bond donors (Lipinski definition) is 2. The molecule has 3 nitrogen and oxygen atoms in total. The normalized spacial score (nSPS) is 9.11. The number of aliphatic hydroxyl groups is 1. The van der Waals surface area contributed by atoms with E-state index < -0.39 is 6.61 Å². The Balaban J connectivity index is 2.97. The highest BCUT2D eigenvalue weighted by atomic mass is 28.1. The van der Waals surface area contributed by atoms with Crippen LogP contribution in [0, 0.1) is 0 Å². The highest BCUT2D eigenvalue weighted by Crippen LogP contribution is 1.79. The summed E-state index contributed by atoms with van der Waals surface area (Å²) >= 11 is 0. The van der Waals surface area contributed by atoms with Gasteiger partial charge < -0.3 is 10.4 Å². The van der Waals surface area contributed by atoms with Crippen LogP contribution in [0.3, 0.4) is 0 Å². The van der Waals surface area contributed by atoms with E-state index in [2.05, 4.69) is 15.6 Å². The molecular formula is C5H10NO2Si. The Morgan fingerprint density at radius 1 is 1.67 bits per heavy atom. The minimum atomic E-state index is -0.415. The van der Waals surface area contributed by atoms with E-state index in [1.165, 1.54) is 0 Å². The van der Waals surface area contributed by atoms with Crippen LogP contribution in [0.2, 0.25) is 6.04 Å². The molecule has 1 amide bonds. The van der Waals surface area contributed by atoms with Crippen LogP contribution in [0.15, 0.2) is 0 Å². The molecule has 3 radical (unpaired) electrons. The maximum atomic E-state index is 10.3. The van der Waals surface area contributed by atoms with E-state index in [0.717, 1.165) is 12.5 Å². The van der Waals surface area contributed by atoms with Crippen molar-refractivity contribution in [3.05, 3.63) is 0 Å². The summed E-state index contributed by atoms with van der Waals surface area (Å²) in [7, 11) is 3.25. The Hall–Kier alpha value is -0.353. The van der Waals surface area contributed by atoms with Crippen LogP contribution in [-0.2, 0) is 4.79 Å². The summed E-state index contributed by atoms with van der Waals surface area (Å²) in [5, 5.41) is 10.7. The fourth-order valence-electron chi connectivity index (χ4n) is 0.372. The SMILES string of the molecule is O=C(CO)NCCC[Si]. The molecule has 0 rings (SSSR count). The second-order valence-corrected chi connectivity index (χ2v) is 2.11. The summed E-state index contributed by atoms with van der Waals surface area (Å²) < 4.78 is 0. The molecule has 2 N–H and O–H groups in total. The summed E-state index contributed by atoms with van der Waals surface area (Å²) in [5.74, 6) is -0.310. The average Bonchev–Trinajstić information content (AvgIpc) is 1.89. The van der Waals surface area contributed by atoms with Crippen molar-refractivity contribution in [2.75, 3.05) is 13.2 Å². The Bertz CT molecular complexity index is 87.0. The molecule has 0 aromatic heterocycles. The molecule has 0 fully saturated rings. The standard InChI is InChI=1S/C5H10NO2Si/c7-4-5(8)6-2-1-3-9/h7H,1-4H2,(H,6,8). The first-order valence-corrected chi connectivity index (χ1v) is 3.54. The summed E-state index contributed by atoms with van der Waals surface area (Å²) in [6.45, 7) is 0.213. The van der Waals surface area contributed by atoms with Gasteiger partial charge in [0.15, 0.2) is 0 Å². The molecule has 4 heteroatoms. The molecule has 9 heavy (non-hydrogen) atoms. The van der Waals surface area contributed by atoms with Gasteiger partial charge in [0.2, 0.25) is 5.91 Å². The lowest BCUT2D eigenvalue weighted by atomic mass is 10.4. The molecule has 0 aromatic rings. The molecule has 0 unspecified atom stereocenters. The average molecular weight is 144 g/mol. The van der Waals surface area contributed by atoms with Crippen LogP contribution in [0.5, 0.6) is 0 Å². The molecule has 0 atom stereocenters. The molecule has 0 aliphatic heterocycles. The monoisotopic (exact) mass is 144 g/mol. The highest BCUT2D eigenvalue weighted by molar-refractivity contribution is 6.08. The number of aliphatic hydroxyl groups excluding tert-OH is 1. The third-order valence-corrected chi connectivity index (χ3v) is 1.17. The van der Waals surface area contributed by atoms with Crippen molar-refractivity contribution in [1.29, 1.82) is 0 Å². The Morgan fingerprint density at radius 3 is 2.78 bits per heavy atom. The Labute approximate surface area is 57.9 Å². The van der Waals surface area contributed by atoms with E-state index in [9.17, 15) is 4.79 Å². The van der Waals surface area contributed by atoms with Gasteiger partial charge in [0.05, 0.1) is 0 Å². The van der Waals surface area contributed by atoms with Gasteiger partial charge in [0, 0.05) is 16.8 Å². The lowest BCUT2D eigenvalue weighted by molar-refractivity contribution is -0.123. The zero-order valence-corrected chi connectivity index (χ0v) is 6.18. The molecule has 0 heterocycles. The quantitative estimate of drug-likeness (QED) is 0.396. The third kappa shape index (κ3) is 5.52. The van der Waals surface area contributed by atoms with Gasteiger partial charge >= 0.3 is 0 Å².